The summed E-state index contributed by atoms with van der Waals surface area (Å²) in [6.45, 7) is 5.58. The Morgan fingerprint density at radius 3 is 2.43 bits per heavy atom. The van der Waals surface area contributed by atoms with E-state index in [1.807, 2.05) is 6.07 Å². The lowest BCUT2D eigenvalue weighted by atomic mass is 10.1. The molecule has 1 N–H and O–H groups in total. The number of aromatic nitrogens is 1. The van der Waals surface area contributed by atoms with Gasteiger partial charge in [-0.05, 0) is 24.6 Å². The maximum Gasteiger partial charge on any atom is 0.251 e. The van der Waals surface area contributed by atoms with Crippen LogP contribution < -0.4 is 10.9 Å². The van der Waals surface area contributed by atoms with Crippen molar-refractivity contribution in [2.24, 2.45) is 0 Å². The van der Waals surface area contributed by atoms with Gasteiger partial charge in [0.05, 0.1) is 10.9 Å². The zero-order valence-electron chi connectivity index (χ0n) is 16.1. The molecular weight excluding hydrogens is 402 g/mol. The summed E-state index contributed by atoms with van der Waals surface area (Å²) in [4.78, 5) is 24.5. The van der Waals surface area contributed by atoms with E-state index in [9.17, 15) is 18.0 Å². The molecule has 0 saturated heterocycles. The summed E-state index contributed by atoms with van der Waals surface area (Å²) in [6.07, 6.45) is 1.20. The monoisotopic (exact) mass is 425 g/mol. The fraction of sp³-hybridized carbons (Fsp3) is 0.368. The molecule has 0 radical (unpaired) electrons. The Balaban J connectivity index is 2.21. The Bertz CT molecular complexity index is 1000. The lowest BCUT2D eigenvalue weighted by molar-refractivity contribution is -0.122. The largest absolute Gasteiger partial charge is 0.348 e. The number of benzene rings is 1. The van der Waals surface area contributed by atoms with Crippen molar-refractivity contribution in [2.45, 2.75) is 38.3 Å². The maximum absolute atomic E-state index is 12.6. The van der Waals surface area contributed by atoms with Crippen molar-refractivity contribution in [3.8, 4) is 0 Å². The van der Waals surface area contributed by atoms with Gasteiger partial charge in [-0.15, -0.1) is 0 Å². The van der Waals surface area contributed by atoms with E-state index in [0.717, 1.165) is 16.2 Å². The summed E-state index contributed by atoms with van der Waals surface area (Å²) in [5, 5.41) is 3.30. The van der Waals surface area contributed by atoms with Gasteiger partial charge in [0.1, 0.15) is 6.54 Å². The van der Waals surface area contributed by atoms with Crippen LogP contribution in [0.5, 0.6) is 0 Å². The van der Waals surface area contributed by atoms with Gasteiger partial charge in [0.25, 0.3) is 5.56 Å². The molecule has 1 aromatic heterocycles. The van der Waals surface area contributed by atoms with E-state index in [0.29, 0.717) is 18.1 Å². The molecule has 0 bridgehead atoms. The van der Waals surface area contributed by atoms with Gasteiger partial charge in [0, 0.05) is 30.4 Å². The van der Waals surface area contributed by atoms with Gasteiger partial charge in [0.2, 0.25) is 15.9 Å². The van der Waals surface area contributed by atoms with Crippen LogP contribution in [0.4, 0.5) is 0 Å². The Morgan fingerprint density at radius 2 is 1.82 bits per heavy atom. The molecule has 152 valence electrons. The number of sulfonamides is 1. The Morgan fingerprint density at radius 1 is 1.18 bits per heavy atom. The summed E-state index contributed by atoms with van der Waals surface area (Å²) >= 11 is 6.14. The summed E-state index contributed by atoms with van der Waals surface area (Å²) < 4.78 is 27.7. The number of halogens is 1. The second-order valence-electron chi connectivity index (χ2n) is 6.23. The fourth-order valence-corrected chi connectivity index (χ4v) is 4.62. The highest BCUT2D eigenvalue weighted by atomic mass is 35.5. The molecule has 0 aliphatic carbocycles. The van der Waals surface area contributed by atoms with Crippen LogP contribution in [0.2, 0.25) is 5.02 Å². The van der Waals surface area contributed by atoms with E-state index in [-0.39, 0.29) is 17.5 Å². The van der Waals surface area contributed by atoms with Crippen molar-refractivity contribution < 1.29 is 13.2 Å². The van der Waals surface area contributed by atoms with Gasteiger partial charge < -0.3 is 9.88 Å². The van der Waals surface area contributed by atoms with Gasteiger partial charge in [-0.25, -0.2) is 8.42 Å². The van der Waals surface area contributed by atoms with Crippen molar-refractivity contribution in [3.05, 3.63) is 63.5 Å². The zero-order valence-corrected chi connectivity index (χ0v) is 17.6. The van der Waals surface area contributed by atoms with Crippen molar-refractivity contribution >= 4 is 27.5 Å². The fourth-order valence-electron chi connectivity index (χ4n) is 2.84. The van der Waals surface area contributed by atoms with Crippen molar-refractivity contribution in [1.82, 2.24) is 14.2 Å². The molecule has 0 fully saturated rings. The molecule has 0 spiro atoms. The van der Waals surface area contributed by atoms with E-state index < -0.39 is 21.5 Å². The van der Waals surface area contributed by atoms with Crippen molar-refractivity contribution in [3.63, 3.8) is 0 Å². The van der Waals surface area contributed by atoms with Gasteiger partial charge in [-0.1, -0.05) is 43.6 Å². The van der Waals surface area contributed by atoms with Crippen molar-refractivity contribution in [1.29, 1.82) is 0 Å². The number of pyridine rings is 1. The molecule has 1 aromatic carbocycles. The summed E-state index contributed by atoms with van der Waals surface area (Å²) in [7, 11) is -3.72. The smallest absolute Gasteiger partial charge is 0.251 e. The first kappa shape index (κ1) is 22.1. The maximum atomic E-state index is 12.6. The third-order valence-electron chi connectivity index (χ3n) is 4.36. The molecule has 2 rings (SSSR count). The van der Waals surface area contributed by atoms with Gasteiger partial charge in [-0.3, -0.25) is 9.59 Å². The molecule has 1 unspecified atom stereocenters. The highest BCUT2D eigenvalue weighted by Crippen LogP contribution is 2.22. The van der Waals surface area contributed by atoms with Crippen LogP contribution >= 0.6 is 11.6 Å². The number of rotatable bonds is 8. The molecule has 1 heterocycles. The molecule has 9 heteroatoms. The molecule has 0 aliphatic rings. The molecule has 7 nitrogen and oxygen atoms in total. The zero-order chi connectivity index (χ0) is 20.9. The van der Waals surface area contributed by atoms with E-state index in [4.69, 9.17) is 11.6 Å². The number of carbonyl (C=O) groups excluding carboxylic acids is 1. The predicted molar refractivity (Wildman–Crippen MR) is 109 cm³/mol. The number of amides is 1. The Labute approximate surface area is 170 Å². The summed E-state index contributed by atoms with van der Waals surface area (Å²) in [5.74, 6) is -0.424. The van der Waals surface area contributed by atoms with Gasteiger partial charge in [-0.2, -0.15) is 4.31 Å². The quantitative estimate of drug-likeness (QED) is 0.703. The molecular formula is C19H24ClN3O4S. The summed E-state index contributed by atoms with van der Waals surface area (Å²) in [6, 6.07) is 9.19. The standard InChI is InChI=1S/C19H24ClN3O4S/c1-4-23(5-2)28(26,27)15-10-11-19(25)22(12-15)13-18(24)21-14(3)16-8-6-7-9-17(16)20/h6-12,14H,4-5,13H2,1-3H3,(H,21,24). The average Bonchev–Trinajstić information content (AvgIpc) is 2.64. The predicted octanol–water partition coefficient (Wildman–Crippen LogP) is 2.41. The minimum Gasteiger partial charge on any atom is -0.348 e. The second kappa shape index (κ2) is 9.36. The Hall–Kier alpha value is -2.16. The van der Waals surface area contributed by atoms with Crippen LogP contribution in [0.1, 0.15) is 32.4 Å². The minimum atomic E-state index is -3.72. The molecule has 2 aromatic rings. The van der Waals surface area contributed by atoms with Crippen LogP contribution in [0, 0.1) is 0 Å². The number of nitrogens with zero attached hydrogens (tertiary/aromatic N) is 2. The van der Waals surface area contributed by atoms with Crippen LogP contribution in [0.15, 0.2) is 52.3 Å². The second-order valence-corrected chi connectivity index (χ2v) is 8.58. The van der Waals surface area contributed by atoms with E-state index in [1.54, 1.807) is 39.0 Å². The lowest BCUT2D eigenvalue weighted by Gasteiger charge is -2.19. The normalized spacial score (nSPS) is 12.8. The molecule has 1 atom stereocenters. The number of hydrogen-bond donors (Lipinski definition) is 1. The SMILES string of the molecule is CCN(CC)S(=O)(=O)c1ccc(=O)n(CC(=O)NC(C)c2ccccc2Cl)c1. The van der Waals surface area contributed by atoms with Gasteiger partial charge >= 0.3 is 0 Å². The minimum absolute atomic E-state index is 0.0252. The third-order valence-corrected chi connectivity index (χ3v) is 6.74. The van der Waals surface area contributed by atoms with Crippen LogP contribution in [-0.2, 0) is 21.4 Å². The highest BCUT2D eigenvalue weighted by molar-refractivity contribution is 7.89. The van der Waals surface area contributed by atoms with E-state index in [2.05, 4.69) is 5.32 Å². The molecule has 0 saturated carbocycles. The molecule has 28 heavy (non-hydrogen) atoms. The number of hydrogen-bond acceptors (Lipinski definition) is 4. The number of carbonyl (C=O) groups is 1. The average molecular weight is 426 g/mol. The van der Waals surface area contributed by atoms with E-state index >= 15 is 0 Å². The van der Waals surface area contributed by atoms with Crippen LogP contribution in [0.25, 0.3) is 0 Å². The topological polar surface area (TPSA) is 88.5 Å². The Kier molecular flexibility index (Phi) is 7.40. The third kappa shape index (κ3) is 5.01. The van der Waals surface area contributed by atoms with E-state index in [1.165, 1.54) is 16.6 Å². The lowest BCUT2D eigenvalue weighted by Crippen LogP contribution is -2.35. The van der Waals surface area contributed by atoms with Crippen LogP contribution in [0.3, 0.4) is 0 Å². The highest BCUT2D eigenvalue weighted by Gasteiger charge is 2.22. The van der Waals surface area contributed by atoms with Gasteiger partial charge in [0.15, 0.2) is 0 Å². The first-order valence-electron chi connectivity index (χ1n) is 8.95. The summed E-state index contributed by atoms with van der Waals surface area (Å²) in [5.41, 5.74) is 0.293. The first-order chi connectivity index (χ1) is 13.2. The molecule has 1 amide bonds. The molecule has 0 aliphatic heterocycles. The van der Waals surface area contributed by atoms with Crippen molar-refractivity contribution in [2.75, 3.05) is 13.1 Å². The first-order valence-corrected chi connectivity index (χ1v) is 10.8. The van der Waals surface area contributed by atoms with Crippen LogP contribution in [-0.4, -0.2) is 36.3 Å². The number of nitrogens with one attached hydrogen (secondary N) is 1.